The second-order valence-corrected chi connectivity index (χ2v) is 8.54. The molecule has 0 N–H and O–H groups in total. The standard InChI is InChI=1S/C28H29NO3/c1-5-9-24-26(27(30)18(2)3)23-15-14-20(28(31)32-4)16-25(23)29(24)17-21-12-8-11-19-10-6-7-13-22(19)21/h6-8,10-16,18H,5,9,17H2,1-4H3. The van der Waals surface area contributed by atoms with Gasteiger partial charge < -0.3 is 9.30 Å². The first kappa shape index (κ1) is 21.8. The first-order chi connectivity index (χ1) is 15.5. The maximum absolute atomic E-state index is 13.3. The van der Waals surface area contributed by atoms with Crippen molar-refractivity contribution in [3.63, 3.8) is 0 Å². The molecule has 0 aliphatic heterocycles. The molecule has 0 atom stereocenters. The fourth-order valence-corrected chi connectivity index (χ4v) is 4.49. The Balaban J connectivity index is 2.00. The number of aromatic nitrogens is 1. The summed E-state index contributed by atoms with van der Waals surface area (Å²) >= 11 is 0. The number of benzene rings is 3. The van der Waals surface area contributed by atoms with E-state index in [9.17, 15) is 9.59 Å². The molecule has 0 aliphatic carbocycles. The lowest BCUT2D eigenvalue weighted by Crippen LogP contribution is -2.12. The molecule has 0 radical (unpaired) electrons. The Morgan fingerprint density at radius 1 is 0.969 bits per heavy atom. The number of carbonyl (C=O) groups excluding carboxylic acids is 2. The average Bonchev–Trinajstić information content (AvgIpc) is 3.10. The van der Waals surface area contributed by atoms with Crippen LogP contribution in [0.5, 0.6) is 0 Å². The predicted molar refractivity (Wildman–Crippen MR) is 129 cm³/mol. The van der Waals surface area contributed by atoms with Crippen molar-refractivity contribution in [1.82, 2.24) is 4.57 Å². The summed E-state index contributed by atoms with van der Waals surface area (Å²) in [5.41, 5.74) is 4.39. The molecule has 4 heteroatoms. The minimum absolute atomic E-state index is 0.109. The van der Waals surface area contributed by atoms with E-state index in [0.29, 0.717) is 12.1 Å². The first-order valence-corrected chi connectivity index (χ1v) is 11.2. The van der Waals surface area contributed by atoms with Gasteiger partial charge in [-0.3, -0.25) is 4.79 Å². The Morgan fingerprint density at radius 2 is 1.72 bits per heavy atom. The number of methoxy groups -OCH3 is 1. The van der Waals surface area contributed by atoms with Gasteiger partial charge in [-0.1, -0.05) is 75.7 Å². The number of hydrogen-bond donors (Lipinski definition) is 0. The zero-order valence-electron chi connectivity index (χ0n) is 19.1. The van der Waals surface area contributed by atoms with Gasteiger partial charge in [-0.2, -0.15) is 0 Å². The molecule has 0 spiro atoms. The number of fused-ring (bicyclic) bond motifs is 2. The predicted octanol–water partition coefficient (Wildman–Crippen LogP) is 6.42. The molecule has 4 rings (SSSR count). The summed E-state index contributed by atoms with van der Waals surface area (Å²) in [4.78, 5) is 25.6. The van der Waals surface area contributed by atoms with Crippen LogP contribution in [0.3, 0.4) is 0 Å². The third kappa shape index (κ3) is 3.81. The molecular weight excluding hydrogens is 398 g/mol. The zero-order chi connectivity index (χ0) is 22.8. The van der Waals surface area contributed by atoms with Gasteiger partial charge >= 0.3 is 5.97 Å². The van der Waals surface area contributed by atoms with Crippen LogP contribution in [0.25, 0.3) is 21.7 Å². The molecule has 1 heterocycles. The number of ketones is 1. The van der Waals surface area contributed by atoms with E-state index in [1.54, 1.807) is 6.07 Å². The van der Waals surface area contributed by atoms with Gasteiger partial charge in [0.15, 0.2) is 5.78 Å². The molecule has 32 heavy (non-hydrogen) atoms. The molecule has 0 unspecified atom stereocenters. The van der Waals surface area contributed by atoms with Crippen LogP contribution >= 0.6 is 0 Å². The summed E-state index contributed by atoms with van der Waals surface area (Å²) in [5.74, 6) is -0.345. The molecule has 4 aromatic rings. The van der Waals surface area contributed by atoms with Gasteiger partial charge in [0.2, 0.25) is 0 Å². The Kier molecular flexibility index (Phi) is 6.13. The van der Waals surface area contributed by atoms with Crippen molar-refractivity contribution < 1.29 is 14.3 Å². The quantitative estimate of drug-likeness (QED) is 0.252. The number of Topliss-reactive ketones (excluding diaryl/α,β-unsaturated/α-hetero) is 1. The van der Waals surface area contributed by atoms with Gasteiger partial charge in [0, 0.05) is 29.1 Å². The minimum Gasteiger partial charge on any atom is -0.465 e. The highest BCUT2D eigenvalue weighted by atomic mass is 16.5. The summed E-state index contributed by atoms with van der Waals surface area (Å²) < 4.78 is 7.18. The number of rotatable bonds is 7. The van der Waals surface area contributed by atoms with E-state index >= 15 is 0 Å². The average molecular weight is 428 g/mol. The van der Waals surface area contributed by atoms with Crippen LogP contribution in [0, 0.1) is 5.92 Å². The van der Waals surface area contributed by atoms with E-state index in [-0.39, 0.29) is 17.7 Å². The molecule has 164 valence electrons. The number of carbonyl (C=O) groups is 2. The number of hydrogen-bond acceptors (Lipinski definition) is 3. The van der Waals surface area contributed by atoms with Crippen molar-refractivity contribution in [1.29, 1.82) is 0 Å². The smallest absolute Gasteiger partial charge is 0.337 e. The molecule has 3 aromatic carbocycles. The molecule has 0 saturated heterocycles. The second kappa shape index (κ2) is 8.99. The summed E-state index contributed by atoms with van der Waals surface area (Å²) in [6, 6.07) is 20.2. The van der Waals surface area contributed by atoms with Gasteiger partial charge in [-0.15, -0.1) is 0 Å². The fourth-order valence-electron chi connectivity index (χ4n) is 4.49. The summed E-state index contributed by atoms with van der Waals surface area (Å²) in [7, 11) is 1.39. The number of nitrogens with zero attached hydrogens (tertiary/aromatic N) is 1. The molecule has 1 aromatic heterocycles. The minimum atomic E-state index is -0.376. The maximum Gasteiger partial charge on any atom is 0.337 e. The van der Waals surface area contributed by atoms with E-state index < -0.39 is 0 Å². The molecular formula is C28H29NO3. The van der Waals surface area contributed by atoms with Crippen LogP contribution in [0.4, 0.5) is 0 Å². The highest BCUT2D eigenvalue weighted by Crippen LogP contribution is 2.32. The van der Waals surface area contributed by atoms with Crippen LogP contribution < -0.4 is 0 Å². The monoisotopic (exact) mass is 427 g/mol. The molecule has 0 aliphatic rings. The van der Waals surface area contributed by atoms with Crippen LogP contribution in [0.1, 0.15) is 59.2 Å². The summed E-state index contributed by atoms with van der Waals surface area (Å²) in [5, 5.41) is 3.28. The van der Waals surface area contributed by atoms with Crippen molar-refractivity contribution in [3.8, 4) is 0 Å². The van der Waals surface area contributed by atoms with Crippen LogP contribution in [-0.4, -0.2) is 23.4 Å². The van der Waals surface area contributed by atoms with E-state index in [0.717, 1.165) is 35.0 Å². The van der Waals surface area contributed by atoms with Gasteiger partial charge in [0.05, 0.1) is 18.2 Å². The Morgan fingerprint density at radius 3 is 2.44 bits per heavy atom. The lowest BCUT2D eigenvalue weighted by molar-refractivity contribution is 0.0600. The third-order valence-corrected chi connectivity index (χ3v) is 6.06. The topological polar surface area (TPSA) is 48.3 Å². The van der Waals surface area contributed by atoms with Crippen molar-refractivity contribution in [2.45, 2.75) is 40.2 Å². The largest absolute Gasteiger partial charge is 0.465 e. The molecule has 0 amide bonds. The summed E-state index contributed by atoms with van der Waals surface area (Å²) in [6.07, 6.45) is 1.72. The Bertz CT molecular complexity index is 1310. The second-order valence-electron chi connectivity index (χ2n) is 8.54. The summed E-state index contributed by atoms with van der Waals surface area (Å²) in [6.45, 7) is 6.64. The van der Waals surface area contributed by atoms with Crippen molar-refractivity contribution >= 4 is 33.4 Å². The SMILES string of the molecule is CCCc1c(C(=O)C(C)C)c2ccc(C(=O)OC)cc2n1Cc1cccc2ccccc12. The van der Waals surface area contributed by atoms with Crippen LogP contribution in [0.15, 0.2) is 60.7 Å². The number of esters is 1. The molecule has 0 bridgehead atoms. The highest BCUT2D eigenvalue weighted by molar-refractivity contribution is 6.11. The molecule has 0 saturated carbocycles. The van der Waals surface area contributed by atoms with Gasteiger partial charge in [0.25, 0.3) is 0 Å². The first-order valence-electron chi connectivity index (χ1n) is 11.2. The van der Waals surface area contributed by atoms with Crippen molar-refractivity contribution in [2.75, 3.05) is 7.11 Å². The number of ether oxygens (including phenoxy) is 1. The van der Waals surface area contributed by atoms with Crippen LogP contribution in [0.2, 0.25) is 0 Å². The third-order valence-electron chi connectivity index (χ3n) is 6.06. The zero-order valence-corrected chi connectivity index (χ0v) is 19.1. The maximum atomic E-state index is 13.3. The van der Waals surface area contributed by atoms with E-state index in [1.807, 2.05) is 32.0 Å². The highest BCUT2D eigenvalue weighted by Gasteiger charge is 2.25. The molecule has 4 nitrogen and oxygen atoms in total. The lowest BCUT2D eigenvalue weighted by Gasteiger charge is -2.14. The van der Waals surface area contributed by atoms with Crippen molar-refractivity contribution in [3.05, 3.63) is 83.0 Å². The Hall–Kier alpha value is -3.40. The van der Waals surface area contributed by atoms with Gasteiger partial charge in [-0.25, -0.2) is 4.79 Å². The van der Waals surface area contributed by atoms with Crippen molar-refractivity contribution in [2.24, 2.45) is 5.92 Å². The Labute approximate surface area is 188 Å². The van der Waals surface area contributed by atoms with E-state index in [2.05, 4.69) is 47.9 Å². The molecule has 0 fully saturated rings. The van der Waals surface area contributed by atoms with Gasteiger partial charge in [0.1, 0.15) is 0 Å². The van der Waals surface area contributed by atoms with E-state index in [4.69, 9.17) is 4.74 Å². The fraction of sp³-hybridized carbons (Fsp3) is 0.286. The normalized spacial score (nSPS) is 11.4. The van der Waals surface area contributed by atoms with E-state index in [1.165, 1.54) is 23.4 Å². The van der Waals surface area contributed by atoms with Gasteiger partial charge in [-0.05, 0) is 34.9 Å². The lowest BCUT2D eigenvalue weighted by atomic mass is 9.96. The van der Waals surface area contributed by atoms with Crippen LogP contribution in [-0.2, 0) is 17.7 Å².